The number of amides is 2. The number of hydrogen-bond acceptors (Lipinski definition) is 4. The Balaban J connectivity index is 2.00. The van der Waals surface area contributed by atoms with E-state index in [4.69, 9.17) is 10.5 Å². The van der Waals surface area contributed by atoms with Crippen LogP contribution < -0.4 is 10.5 Å². The Labute approximate surface area is 123 Å². The van der Waals surface area contributed by atoms with Crippen LogP contribution in [0.5, 0.6) is 5.75 Å². The van der Waals surface area contributed by atoms with E-state index in [0.29, 0.717) is 19.4 Å². The first-order chi connectivity index (χ1) is 9.94. The summed E-state index contributed by atoms with van der Waals surface area (Å²) in [5.41, 5.74) is 4.46. The van der Waals surface area contributed by atoms with Crippen molar-refractivity contribution in [1.82, 2.24) is 4.90 Å². The molecule has 114 valence electrons. The third kappa shape index (κ3) is 3.52. The largest absolute Gasteiger partial charge is 0.497 e. The molecule has 1 heterocycles. The van der Waals surface area contributed by atoms with Gasteiger partial charge in [-0.1, -0.05) is 12.1 Å². The number of hydrogen-bond donors (Lipinski definition) is 2. The Morgan fingerprint density at radius 2 is 2.05 bits per heavy atom. The molecular formula is C15H20N2O4. The van der Waals surface area contributed by atoms with E-state index in [-0.39, 0.29) is 18.9 Å². The van der Waals surface area contributed by atoms with Crippen LogP contribution in [0.15, 0.2) is 24.3 Å². The molecule has 1 atom stereocenters. The van der Waals surface area contributed by atoms with Gasteiger partial charge in [0.1, 0.15) is 5.75 Å². The summed E-state index contributed by atoms with van der Waals surface area (Å²) >= 11 is 0. The molecule has 2 amide bonds. The molecule has 21 heavy (non-hydrogen) atoms. The van der Waals surface area contributed by atoms with Crippen LogP contribution in [0.1, 0.15) is 18.4 Å². The van der Waals surface area contributed by atoms with Gasteiger partial charge in [0.25, 0.3) is 5.91 Å². The predicted octanol–water partition coefficient (Wildman–Crippen LogP) is 0.0765. The minimum absolute atomic E-state index is 0.0304. The zero-order valence-corrected chi connectivity index (χ0v) is 12.0. The van der Waals surface area contributed by atoms with E-state index in [9.17, 15) is 14.7 Å². The molecule has 0 radical (unpaired) electrons. The van der Waals surface area contributed by atoms with Crippen molar-refractivity contribution in [3.63, 3.8) is 0 Å². The maximum absolute atomic E-state index is 12.3. The van der Waals surface area contributed by atoms with E-state index in [1.54, 1.807) is 19.2 Å². The van der Waals surface area contributed by atoms with Crippen molar-refractivity contribution >= 4 is 11.8 Å². The summed E-state index contributed by atoms with van der Waals surface area (Å²) in [5, 5.41) is 10.1. The lowest BCUT2D eigenvalue weighted by Gasteiger charge is -2.37. The highest BCUT2D eigenvalue weighted by Crippen LogP contribution is 2.22. The normalized spacial score (nSPS) is 21.9. The summed E-state index contributed by atoms with van der Waals surface area (Å²) in [6.07, 6.45) is 1.08. The number of nitrogens with two attached hydrogens (primary N) is 1. The highest BCUT2D eigenvalue weighted by molar-refractivity contribution is 5.85. The summed E-state index contributed by atoms with van der Waals surface area (Å²) in [4.78, 5) is 25.1. The van der Waals surface area contributed by atoms with Crippen LogP contribution in [0.4, 0.5) is 0 Å². The van der Waals surface area contributed by atoms with Gasteiger partial charge in [-0.05, 0) is 30.5 Å². The van der Waals surface area contributed by atoms with Crippen LogP contribution in [0.3, 0.4) is 0 Å². The van der Waals surface area contributed by atoms with Gasteiger partial charge >= 0.3 is 0 Å². The zero-order valence-electron chi connectivity index (χ0n) is 12.0. The number of methoxy groups -OCH3 is 1. The molecule has 0 saturated carbocycles. The molecule has 2 rings (SSSR count). The molecule has 0 aliphatic carbocycles. The minimum Gasteiger partial charge on any atom is -0.497 e. The molecule has 1 aliphatic heterocycles. The van der Waals surface area contributed by atoms with E-state index in [2.05, 4.69) is 0 Å². The van der Waals surface area contributed by atoms with Crippen LogP contribution in [-0.4, -0.2) is 47.6 Å². The second kappa shape index (κ2) is 6.13. The summed E-state index contributed by atoms with van der Waals surface area (Å²) in [6.45, 7) is 0.502. The van der Waals surface area contributed by atoms with Gasteiger partial charge < -0.3 is 20.5 Å². The number of ether oxygens (including phenoxy) is 1. The summed E-state index contributed by atoms with van der Waals surface area (Å²) in [7, 11) is 1.58. The first-order valence-corrected chi connectivity index (χ1v) is 6.87. The van der Waals surface area contributed by atoms with Gasteiger partial charge in [-0.3, -0.25) is 9.59 Å². The number of aliphatic hydroxyl groups is 1. The Kier molecular flexibility index (Phi) is 4.47. The SMILES string of the molecule is COc1ccc(CC(=O)N2CCC[C@](O)(C(N)=O)C2)cc1. The molecule has 3 N–H and O–H groups in total. The van der Waals surface area contributed by atoms with Gasteiger partial charge in [0.15, 0.2) is 5.60 Å². The van der Waals surface area contributed by atoms with Crippen LogP contribution >= 0.6 is 0 Å². The second-order valence-corrected chi connectivity index (χ2v) is 5.34. The van der Waals surface area contributed by atoms with Crippen LogP contribution in [0.2, 0.25) is 0 Å². The van der Waals surface area contributed by atoms with Crippen LogP contribution in [-0.2, 0) is 16.0 Å². The molecule has 0 unspecified atom stereocenters. The van der Waals surface area contributed by atoms with Crippen LogP contribution in [0, 0.1) is 0 Å². The van der Waals surface area contributed by atoms with Gasteiger partial charge in [-0.25, -0.2) is 0 Å². The predicted molar refractivity (Wildman–Crippen MR) is 76.7 cm³/mol. The maximum Gasteiger partial charge on any atom is 0.251 e. The van der Waals surface area contributed by atoms with Gasteiger partial charge in [0.05, 0.1) is 20.1 Å². The Bertz CT molecular complexity index is 529. The number of benzene rings is 1. The van der Waals surface area contributed by atoms with E-state index in [1.165, 1.54) is 4.90 Å². The second-order valence-electron chi connectivity index (χ2n) is 5.34. The third-order valence-electron chi connectivity index (χ3n) is 3.80. The smallest absolute Gasteiger partial charge is 0.251 e. The lowest BCUT2D eigenvalue weighted by molar-refractivity contribution is -0.148. The lowest BCUT2D eigenvalue weighted by atomic mass is 9.92. The molecule has 0 spiro atoms. The lowest BCUT2D eigenvalue weighted by Crippen LogP contribution is -2.57. The highest BCUT2D eigenvalue weighted by Gasteiger charge is 2.39. The first kappa shape index (κ1) is 15.3. The van der Waals surface area contributed by atoms with E-state index < -0.39 is 11.5 Å². The Morgan fingerprint density at radius 1 is 1.38 bits per heavy atom. The molecule has 1 saturated heterocycles. The van der Waals surface area contributed by atoms with Gasteiger partial charge in [-0.2, -0.15) is 0 Å². The minimum atomic E-state index is -1.60. The molecule has 6 nitrogen and oxygen atoms in total. The number of primary amides is 1. The standard InChI is InChI=1S/C15H20N2O4/c1-21-12-5-3-11(4-6-12)9-13(18)17-8-2-7-15(20,10-17)14(16)19/h3-6,20H,2,7-10H2,1H3,(H2,16,19)/t15-/m1/s1. The molecule has 1 aliphatic rings. The number of β-amino-alcohol motifs (C(OH)–C–C–N with tert-alkyl or cyclic N) is 1. The van der Waals surface area contributed by atoms with Crippen LogP contribution in [0.25, 0.3) is 0 Å². The average molecular weight is 292 g/mol. The first-order valence-electron chi connectivity index (χ1n) is 6.87. The number of carbonyl (C=O) groups excluding carboxylic acids is 2. The van der Waals surface area contributed by atoms with Crippen molar-refractivity contribution in [3.05, 3.63) is 29.8 Å². The summed E-state index contributed by atoms with van der Waals surface area (Å²) in [5.74, 6) is -0.170. The highest BCUT2D eigenvalue weighted by atomic mass is 16.5. The Hall–Kier alpha value is -2.08. The third-order valence-corrected chi connectivity index (χ3v) is 3.80. The number of carbonyl (C=O) groups is 2. The number of rotatable bonds is 4. The van der Waals surface area contributed by atoms with E-state index in [0.717, 1.165) is 11.3 Å². The number of likely N-dealkylation sites (tertiary alicyclic amines) is 1. The number of nitrogens with zero attached hydrogens (tertiary/aromatic N) is 1. The van der Waals surface area contributed by atoms with Crippen molar-refractivity contribution in [1.29, 1.82) is 0 Å². The van der Waals surface area contributed by atoms with Crippen molar-refractivity contribution in [2.45, 2.75) is 24.9 Å². The van der Waals surface area contributed by atoms with Crippen molar-refractivity contribution in [2.24, 2.45) is 5.73 Å². The number of piperidine rings is 1. The fraction of sp³-hybridized carbons (Fsp3) is 0.467. The van der Waals surface area contributed by atoms with Crippen molar-refractivity contribution < 1.29 is 19.4 Å². The summed E-state index contributed by atoms with van der Waals surface area (Å²) in [6, 6.07) is 7.22. The Morgan fingerprint density at radius 3 is 2.62 bits per heavy atom. The van der Waals surface area contributed by atoms with Crippen molar-refractivity contribution in [2.75, 3.05) is 20.2 Å². The molecule has 6 heteroatoms. The molecule has 1 aromatic rings. The van der Waals surface area contributed by atoms with E-state index in [1.807, 2.05) is 12.1 Å². The van der Waals surface area contributed by atoms with Gasteiger partial charge in [0.2, 0.25) is 5.91 Å². The topological polar surface area (TPSA) is 92.9 Å². The van der Waals surface area contributed by atoms with Gasteiger partial charge in [-0.15, -0.1) is 0 Å². The average Bonchev–Trinajstić information content (AvgIpc) is 2.48. The van der Waals surface area contributed by atoms with E-state index >= 15 is 0 Å². The zero-order chi connectivity index (χ0) is 15.5. The fourth-order valence-corrected chi connectivity index (χ4v) is 2.48. The monoisotopic (exact) mass is 292 g/mol. The fourth-order valence-electron chi connectivity index (χ4n) is 2.48. The molecular weight excluding hydrogens is 272 g/mol. The van der Waals surface area contributed by atoms with Gasteiger partial charge in [0, 0.05) is 6.54 Å². The molecule has 0 aromatic heterocycles. The quantitative estimate of drug-likeness (QED) is 0.821. The maximum atomic E-state index is 12.3. The molecule has 1 aromatic carbocycles. The molecule has 1 fully saturated rings. The van der Waals surface area contributed by atoms with Crippen molar-refractivity contribution in [3.8, 4) is 5.75 Å². The summed E-state index contributed by atoms with van der Waals surface area (Å²) < 4.78 is 5.06. The molecule has 0 bridgehead atoms.